The van der Waals surface area contributed by atoms with Crippen LogP contribution in [-0.2, 0) is 9.59 Å². The first-order chi connectivity index (χ1) is 11.9. The number of carbonyl (C=O) groups is 2. The number of benzene rings is 1. The third-order valence-corrected chi connectivity index (χ3v) is 4.89. The molecule has 0 aliphatic carbocycles. The molecule has 1 heterocycles. The van der Waals surface area contributed by atoms with E-state index >= 15 is 0 Å². The number of nitrogens with one attached hydrogen (secondary N) is 2. The predicted molar refractivity (Wildman–Crippen MR) is 97.2 cm³/mol. The highest BCUT2D eigenvalue weighted by Crippen LogP contribution is 2.22. The van der Waals surface area contributed by atoms with E-state index in [1.54, 1.807) is 18.2 Å². The Morgan fingerprint density at radius 3 is 2.64 bits per heavy atom. The summed E-state index contributed by atoms with van der Waals surface area (Å²) in [6.07, 6.45) is 1.92. The second-order valence-corrected chi connectivity index (χ2v) is 6.80. The molecule has 1 saturated heterocycles. The average molecular weight is 363 g/mol. The zero-order valence-electron chi connectivity index (χ0n) is 14.5. The molecule has 1 atom stereocenters. The number of hydrogen-bond donors (Lipinski definition) is 2. The Morgan fingerprint density at radius 1 is 1.40 bits per heavy atom. The lowest BCUT2D eigenvalue weighted by Gasteiger charge is -2.35. The number of likely N-dealkylation sites (tertiary alicyclic amines) is 1. The third kappa shape index (κ3) is 5.45. The van der Waals surface area contributed by atoms with Crippen molar-refractivity contribution in [2.45, 2.75) is 32.7 Å². The molecule has 0 saturated carbocycles. The van der Waals surface area contributed by atoms with Gasteiger partial charge in [-0.15, -0.1) is 0 Å². The van der Waals surface area contributed by atoms with E-state index in [0.29, 0.717) is 28.7 Å². The normalized spacial score (nSPS) is 16.7. The van der Waals surface area contributed by atoms with Crippen molar-refractivity contribution in [1.29, 1.82) is 5.26 Å². The van der Waals surface area contributed by atoms with Gasteiger partial charge in [0, 0.05) is 19.2 Å². The highest BCUT2D eigenvalue weighted by Gasteiger charge is 2.26. The standard InChI is InChI=1S/C18H23ClN4O2/c1-12(23-7-5-14(6-8-23)11-21-13(2)24)18(25)22-16-4-3-15(10-20)17(19)9-16/h3-4,9,12,14H,5-8,11H2,1-2H3,(H,21,24)(H,22,25). The summed E-state index contributed by atoms with van der Waals surface area (Å²) < 4.78 is 0. The minimum absolute atomic E-state index is 0.00347. The second kappa shape index (κ2) is 8.84. The fourth-order valence-electron chi connectivity index (χ4n) is 2.93. The Morgan fingerprint density at radius 2 is 2.08 bits per heavy atom. The van der Waals surface area contributed by atoms with Gasteiger partial charge in [0.25, 0.3) is 0 Å². The SMILES string of the molecule is CC(=O)NCC1CCN(C(C)C(=O)Nc2ccc(C#N)c(Cl)c2)CC1. The molecule has 2 rings (SSSR count). The smallest absolute Gasteiger partial charge is 0.241 e. The lowest BCUT2D eigenvalue weighted by molar-refractivity contribution is -0.121. The molecule has 2 N–H and O–H groups in total. The number of hydrogen-bond acceptors (Lipinski definition) is 4. The molecular weight excluding hydrogens is 340 g/mol. The zero-order chi connectivity index (χ0) is 18.4. The van der Waals surface area contributed by atoms with Gasteiger partial charge < -0.3 is 10.6 Å². The first-order valence-electron chi connectivity index (χ1n) is 8.39. The van der Waals surface area contributed by atoms with E-state index in [9.17, 15) is 9.59 Å². The number of anilines is 1. The number of halogens is 1. The minimum Gasteiger partial charge on any atom is -0.356 e. The molecule has 0 bridgehead atoms. The van der Waals surface area contributed by atoms with Crippen molar-refractivity contribution in [3.63, 3.8) is 0 Å². The van der Waals surface area contributed by atoms with Gasteiger partial charge in [0.15, 0.2) is 0 Å². The van der Waals surface area contributed by atoms with E-state index in [-0.39, 0.29) is 17.9 Å². The maximum atomic E-state index is 12.5. The molecule has 1 aromatic rings. The van der Waals surface area contributed by atoms with Gasteiger partial charge in [-0.2, -0.15) is 5.26 Å². The molecule has 1 unspecified atom stereocenters. The summed E-state index contributed by atoms with van der Waals surface area (Å²) >= 11 is 6.00. The molecule has 1 fully saturated rings. The highest BCUT2D eigenvalue weighted by molar-refractivity contribution is 6.32. The first-order valence-corrected chi connectivity index (χ1v) is 8.77. The summed E-state index contributed by atoms with van der Waals surface area (Å²) in [5, 5.41) is 14.9. The second-order valence-electron chi connectivity index (χ2n) is 6.39. The molecular formula is C18H23ClN4O2. The van der Waals surface area contributed by atoms with Crippen LogP contribution in [0, 0.1) is 17.2 Å². The van der Waals surface area contributed by atoms with Crippen LogP contribution in [0.3, 0.4) is 0 Å². The lowest BCUT2D eigenvalue weighted by atomic mass is 9.95. The van der Waals surface area contributed by atoms with Gasteiger partial charge in [0.2, 0.25) is 11.8 Å². The van der Waals surface area contributed by atoms with E-state index in [4.69, 9.17) is 16.9 Å². The van der Waals surface area contributed by atoms with E-state index < -0.39 is 0 Å². The Bertz CT molecular complexity index is 678. The van der Waals surface area contributed by atoms with E-state index in [0.717, 1.165) is 25.9 Å². The number of carbonyl (C=O) groups excluding carboxylic acids is 2. The van der Waals surface area contributed by atoms with Crippen LogP contribution in [0.1, 0.15) is 32.3 Å². The summed E-state index contributed by atoms with van der Waals surface area (Å²) in [5.74, 6) is 0.366. The minimum atomic E-state index is -0.254. The average Bonchev–Trinajstić information content (AvgIpc) is 2.60. The zero-order valence-corrected chi connectivity index (χ0v) is 15.3. The lowest BCUT2D eigenvalue weighted by Crippen LogP contribution is -2.47. The summed E-state index contributed by atoms with van der Waals surface area (Å²) in [5.41, 5.74) is 0.968. The number of amides is 2. The number of nitriles is 1. The van der Waals surface area contributed by atoms with Crippen molar-refractivity contribution in [2.24, 2.45) is 5.92 Å². The quantitative estimate of drug-likeness (QED) is 0.842. The molecule has 0 radical (unpaired) electrons. The van der Waals surface area contributed by atoms with Gasteiger partial charge in [0.1, 0.15) is 6.07 Å². The summed E-state index contributed by atoms with van der Waals surface area (Å²) in [6, 6.07) is 6.60. The summed E-state index contributed by atoms with van der Waals surface area (Å²) in [4.78, 5) is 25.6. The molecule has 6 nitrogen and oxygen atoms in total. The maximum absolute atomic E-state index is 12.5. The largest absolute Gasteiger partial charge is 0.356 e. The molecule has 25 heavy (non-hydrogen) atoms. The fraction of sp³-hybridized carbons (Fsp3) is 0.500. The van der Waals surface area contributed by atoms with Crippen LogP contribution in [0.5, 0.6) is 0 Å². The number of piperidine rings is 1. The monoisotopic (exact) mass is 362 g/mol. The van der Waals surface area contributed by atoms with Crippen molar-refractivity contribution in [3.8, 4) is 6.07 Å². The van der Waals surface area contributed by atoms with Gasteiger partial charge in [-0.3, -0.25) is 14.5 Å². The Labute approximate surface area is 153 Å². The van der Waals surface area contributed by atoms with Crippen molar-refractivity contribution < 1.29 is 9.59 Å². The molecule has 1 aliphatic heterocycles. The topological polar surface area (TPSA) is 85.2 Å². The van der Waals surface area contributed by atoms with Crippen LogP contribution >= 0.6 is 11.6 Å². The number of nitrogens with zero attached hydrogens (tertiary/aromatic N) is 2. The summed E-state index contributed by atoms with van der Waals surface area (Å²) in [7, 11) is 0. The van der Waals surface area contributed by atoms with Gasteiger partial charge in [-0.25, -0.2) is 0 Å². The molecule has 7 heteroatoms. The highest BCUT2D eigenvalue weighted by atomic mass is 35.5. The molecule has 0 spiro atoms. The predicted octanol–water partition coefficient (Wildman–Crippen LogP) is 2.39. The van der Waals surface area contributed by atoms with Crippen LogP contribution in [0.15, 0.2) is 18.2 Å². The van der Waals surface area contributed by atoms with Crippen molar-refractivity contribution in [3.05, 3.63) is 28.8 Å². The van der Waals surface area contributed by atoms with E-state index in [1.165, 1.54) is 6.92 Å². The first kappa shape index (κ1) is 19.2. The van der Waals surface area contributed by atoms with Crippen LogP contribution in [0.25, 0.3) is 0 Å². The van der Waals surface area contributed by atoms with E-state index in [1.807, 2.05) is 13.0 Å². The Balaban J connectivity index is 1.85. The molecule has 134 valence electrons. The molecule has 2 amide bonds. The van der Waals surface area contributed by atoms with Crippen molar-refractivity contribution >= 4 is 29.1 Å². The van der Waals surface area contributed by atoms with Crippen molar-refractivity contribution in [2.75, 3.05) is 25.0 Å². The van der Waals surface area contributed by atoms with Gasteiger partial charge in [-0.05, 0) is 57.0 Å². The Kier molecular flexibility index (Phi) is 6.80. The van der Waals surface area contributed by atoms with Crippen LogP contribution in [-0.4, -0.2) is 42.4 Å². The van der Waals surface area contributed by atoms with Crippen molar-refractivity contribution in [1.82, 2.24) is 10.2 Å². The van der Waals surface area contributed by atoms with Gasteiger partial charge in [0.05, 0.1) is 16.6 Å². The van der Waals surface area contributed by atoms with Crippen LogP contribution in [0.4, 0.5) is 5.69 Å². The third-order valence-electron chi connectivity index (χ3n) is 4.57. The van der Waals surface area contributed by atoms with Crippen LogP contribution < -0.4 is 10.6 Å². The molecule has 1 aromatic carbocycles. The molecule has 1 aliphatic rings. The van der Waals surface area contributed by atoms with Crippen LogP contribution in [0.2, 0.25) is 5.02 Å². The summed E-state index contributed by atoms with van der Waals surface area (Å²) in [6.45, 7) is 5.76. The number of rotatable bonds is 5. The fourth-order valence-corrected chi connectivity index (χ4v) is 3.15. The van der Waals surface area contributed by atoms with Gasteiger partial charge >= 0.3 is 0 Å². The molecule has 0 aromatic heterocycles. The Hall–Kier alpha value is -2.10. The van der Waals surface area contributed by atoms with Gasteiger partial charge in [-0.1, -0.05) is 11.6 Å². The van der Waals surface area contributed by atoms with E-state index in [2.05, 4.69) is 15.5 Å². The maximum Gasteiger partial charge on any atom is 0.241 e.